The highest BCUT2D eigenvalue weighted by atomic mass is 16.5. The summed E-state index contributed by atoms with van der Waals surface area (Å²) < 4.78 is 4.64. The van der Waals surface area contributed by atoms with Crippen LogP contribution in [0.2, 0.25) is 0 Å². The summed E-state index contributed by atoms with van der Waals surface area (Å²) in [6, 6.07) is 0.770. The molecule has 88 valence electrons. The van der Waals surface area contributed by atoms with Gasteiger partial charge in [-0.1, -0.05) is 0 Å². The number of rotatable bonds is 4. The smallest absolute Gasteiger partial charge is 0.307 e. The molecule has 4 heteroatoms. The Kier molecular flexibility index (Phi) is 5.05. The zero-order valence-corrected chi connectivity index (χ0v) is 9.95. The number of esters is 1. The maximum Gasteiger partial charge on any atom is 0.307 e. The van der Waals surface area contributed by atoms with E-state index in [1.807, 2.05) is 6.92 Å². The molecule has 1 fully saturated rings. The number of ether oxygens (including phenoxy) is 1. The van der Waals surface area contributed by atoms with E-state index in [1.165, 1.54) is 20.0 Å². The molecule has 15 heavy (non-hydrogen) atoms. The maximum atomic E-state index is 11.0. The van der Waals surface area contributed by atoms with Crippen molar-refractivity contribution in [1.29, 1.82) is 0 Å². The molecule has 0 amide bonds. The fourth-order valence-electron chi connectivity index (χ4n) is 1.97. The lowest BCUT2D eigenvalue weighted by atomic mass is 10.0. The van der Waals surface area contributed by atoms with E-state index in [0.29, 0.717) is 12.5 Å². The van der Waals surface area contributed by atoms with Crippen molar-refractivity contribution in [3.8, 4) is 0 Å². The van der Waals surface area contributed by atoms with Crippen molar-refractivity contribution in [2.24, 2.45) is 0 Å². The molecule has 4 nitrogen and oxygen atoms in total. The highest BCUT2D eigenvalue weighted by Crippen LogP contribution is 2.09. The first-order valence-corrected chi connectivity index (χ1v) is 5.63. The van der Waals surface area contributed by atoms with Crippen LogP contribution >= 0.6 is 0 Å². The highest BCUT2D eigenvalue weighted by Gasteiger charge is 2.19. The third kappa shape index (κ3) is 4.62. The topological polar surface area (TPSA) is 41.6 Å². The number of piperidine rings is 1. The van der Waals surface area contributed by atoms with E-state index in [9.17, 15) is 4.79 Å². The van der Waals surface area contributed by atoms with Gasteiger partial charge in [-0.05, 0) is 39.9 Å². The second kappa shape index (κ2) is 6.08. The first kappa shape index (κ1) is 12.5. The second-order valence-corrected chi connectivity index (χ2v) is 4.43. The molecule has 0 aliphatic carbocycles. The van der Waals surface area contributed by atoms with Gasteiger partial charge in [-0.3, -0.25) is 4.79 Å². The predicted octanol–water partition coefficient (Wildman–Crippen LogP) is 0.622. The molecule has 1 rings (SSSR count). The monoisotopic (exact) mass is 214 g/mol. The van der Waals surface area contributed by atoms with Gasteiger partial charge in [0.05, 0.1) is 13.5 Å². The third-order valence-corrected chi connectivity index (χ3v) is 2.94. The SMILES string of the molecule is COC(=O)CC(C)NC1CCN(C)CC1. The minimum absolute atomic E-state index is 0.136. The molecule has 0 radical (unpaired) electrons. The normalized spacial score (nSPS) is 21.3. The largest absolute Gasteiger partial charge is 0.469 e. The van der Waals surface area contributed by atoms with E-state index in [0.717, 1.165) is 13.1 Å². The van der Waals surface area contributed by atoms with E-state index >= 15 is 0 Å². The van der Waals surface area contributed by atoms with Crippen LogP contribution in [-0.4, -0.2) is 50.2 Å². The van der Waals surface area contributed by atoms with Crippen LogP contribution < -0.4 is 5.32 Å². The minimum atomic E-state index is -0.136. The molecule has 1 heterocycles. The number of likely N-dealkylation sites (tertiary alicyclic amines) is 1. The Balaban J connectivity index is 2.20. The maximum absolute atomic E-state index is 11.0. The van der Waals surface area contributed by atoms with Gasteiger partial charge < -0.3 is 15.0 Å². The predicted molar refractivity (Wildman–Crippen MR) is 59.7 cm³/mol. The summed E-state index contributed by atoms with van der Waals surface area (Å²) in [5, 5.41) is 3.48. The summed E-state index contributed by atoms with van der Waals surface area (Å²) in [6.45, 7) is 4.32. The van der Waals surface area contributed by atoms with Crippen molar-refractivity contribution in [2.75, 3.05) is 27.2 Å². The lowest BCUT2D eigenvalue weighted by Gasteiger charge is -2.31. The molecular weight excluding hydrogens is 192 g/mol. The minimum Gasteiger partial charge on any atom is -0.469 e. The number of nitrogens with zero attached hydrogens (tertiary/aromatic N) is 1. The van der Waals surface area contributed by atoms with Crippen molar-refractivity contribution in [2.45, 2.75) is 38.3 Å². The molecule has 0 bridgehead atoms. The molecule has 1 N–H and O–H groups in total. The summed E-state index contributed by atoms with van der Waals surface area (Å²) in [5.41, 5.74) is 0. The van der Waals surface area contributed by atoms with Crippen molar-refractivity contribution in [3.63, 3.8) is 0 Å². The Bertz CT molecular complexity index is 201. The number of carbonyl (C=O) groups excluding carboxylic acids is 1. The van der Waals surface area contributed by atoms with Crippen LogP contribution in [0.25, 0.3) is 0 Å². The number of hydrogen-bond donors (Lipinski definition) is 1. The lowest BCUT2D eigenvalue weighted by Crippen LogP contribution is -2.44. The zero-order chi connectivity index (χ0) is 11.3. The Labute approximate surface area is 92.0 Å². The average Bonchev–Trinajstić information content (AvgIpc) is 2.21. The molecule has 0 spiro atoms. The van der Waals surface area contributed by atoms with Gasteiger partial charge in [-0.15, -0.1) is 0 Å². The molecule has 0 saturated carbocycles. The summed E-state index contributed by atoms with van der Waals surface area (Å²) >= 11 is 0. The summed E-state index contributed by atoms with van der Waals surface area (Å²) in [6.07, 6.45) is 2.80. The molecule has 1 atom stereocenters. The third-order valence-electron chi connectivity index (χ3n) is 2.94. The van der Waals surface area contributed by atoms with Crippen molar-refractivity contribution in [3.05, 3.63) is 0 Å². The van der Waals surface area contributed by atoms with E-state index in [1.54, 1.807) is 0 Å². The van der Waals surface area contributed by atoms with Crippen LogP contribution in [0.4, 0.5) is 0 Å². The summed E-state index contributed by atoms with van der Waals surface area (Å²) in [7, 11) is 3.58. The number of carbonyl (C=O) groups is 1. The Hall–Kier alpha value is -0.610. The van der Waals surface area contributed by atoms with Gasteiger partial charge in [-0.2, -0.15) is 0 Å². The van der Waals surface area contributed by atoms with Crippen molar-refractivity contribution < 1.29 is 9.53 Å². The molecule has 1 unspecified atom stereocenters. The highest BCUT2D eigenvalue weighted by molar-refractivity contribution is 5.69. The van der Waals surface area contributed by atoms with Crippen molar-refractivity contribution >= 4 is 5.97 Å². The van der Waals surface area contributed by atoms with Crippen LogP contribution in [0, 0.1) is 0 Å². The summed E-state index contributed by atoms with van der Waals surface area (Å²) in [5.74, 6) is -0.136. The fourth-order valence-corrected chi connectivity index (χ4v) is 1.97. The average molecular weight is 214 g/mol. The Morgan fingerprint density at radius 2 is 2.13 bits per heavy atom. The van der Waals surface area contributed by atoms with Gasteiger partial charge in [0.15, 0.2) is 0 Å². The van der Waals surface area contributed by atoms with Gasteiger partial charge in [0.1, 0.15) is 0 Å². The second-order valence-electron chi connectivity index (χ2n) is 4.43. The summed E-state index contributed by atoms with van der Waals surface area (Å²) in [4.78, 5) is 13.4. The van der Waals surface area contributed by atoms with Gasteiger partial charge in [-0.25, -0.2) is 0 Å². The molecule has 0 aromatic carbocycles. The zero-order valence-electron chi connectivity index (χ0n) is 9.95. The van der Waals surface area contributed by atoms with Gasteiger partial charge in [0.2, 0.25) is 0 Å². The molecule has 1 aliphatic heterocycles. The Morgan fingerprint density at radius 1 is 1.53 bits per heavy atom. The van der Waals surface area contributed by atoms with Crippen LogP contribution in [0.1, 0.15) is 26.2 Å². The van der Waals surface area contributed by atoms with E-state index in [2.05, 4.69) is 22.0 Å². The van der Waals surface area contributed by atoms with Gasteiger partial charge in [0, 0.05) is 12.1 Å². The van der Waals surface area contributed by atoms with Gasteiger partial charge >= 0.3 is 5.97 Å². The number of nitrogens with one attached hydrogen (secondary N) is 1. The van der Waals surface area contributed by atoms with E-state index in [4.69, 9.17) is 0 Å². The van der Waals surface area contributed by atoms with Gasteiger partial charge in [0.25, 0.3) is 0 Å². The van der Waals surface area contributed by atoms with Crippen LogP contribution in [0.15, 0.2) is 0 Å². The van der Waals surface area contributed by atoms with E-state index < -0.39 is 0 Å². The van der Waals surface area contributed by atoms with Crippen LogP contribution in [0.3, 0.4) is 0 Å². The number of methoxy groups -OCH3 is 1. The molecule has 1 saturated heterocycles. The first-order chi connectivity index (χ1) is 7.11. The van der Waals surface area contributed by atoms with Crippen LogP contribution in [-0.2, 0) is 9.53 Å². The standard InChI is InChI=1S/C11H22N2O2/c1-9(8-11(14)15-3)12-10-4-6-13(2)7-5-10/h9-10,12H,4-8H2,1-3H3. The molecule has 0 aromatic rings. The quantitative estimate of drug-likeness (QED) is 0.697. The van der Waals surface area contributed by atoms with E-state index in [-0.39, 0.29) is 12.0 Å². The first-order valence-electron chi connectivity index (χ1n) is 5.63. The number of hydrogen-bond acceptors (Lipinski definition) is 4. The molecular formula is C11H22N2O2. The molecule has 0 aromatic heterocycles. The van der Waals surface area contributed by atoms with Crippen LogP contribution in [0.5, 0.6) is 0 Å². The fraction of sp³-hybridized carbons (Fsp3) is 0.909. The Morgan fingerprint density at radius 3 is 2.67 bits per heavy atom. The lowest BCUT2D eigenvalue weighted by molar-refractivity contribution is -0.141. The molecule has 1 aliphatic rings. The van der Waals surface area contributed by atoms with Crippen molar-refractivity contribution in [1.82, 2.24) is 10.2 Å².